The third kappa shape index (κ3) is 3.75. The second-order valence-electron chi connectivity index (χ2n) is 4.16. The molecule has 2 aromatic carbocycles. The molecule has 2 aromatic rings. The summed E-state index contributed by atoms with van der Waals surface area (Å²) in [6.07, 6.45) is 0. The first kappa shape index (κ1) is 16.3. The molecule has 1 N–H and O–H groups in total. The van der Waals surface area contributed by atoms with Gasteiger partial charge in [-0.25, -0.2) is 0 Å². The highest BCUT2D eigenvalue weighted by Crippen LogP contribution is 2.30. The summed E-state index contributed by atoms with van der Waals surface area (Å²) in [5, 5.41) is 3.47. The lowest BCUT2D eigenvalue weighted by molar-refractivity contribution is 0.102. The SMILES string of the molecule is Cc1cc(Br)c(NC(=O)c2cc(I)ccc2Br)cc1Cl. The summed E-state index contributed by atoms with van der Waals surface area (Å²) in [5.41, 5.74) is 2.18. The highest BCUT2D eigenvalue weighted by molar-refractivity contribution is 14.1. The van der Waals surface area contributed by atoms with Crippen molar-refractivity contribution in [3.8, 4) is 0 Å². The maximum absolute atomic E-state index is 12.3. The molecule has 0 saturated carbocycles. The Kier molecular flexibility index (Phi) is 5.50. The van der Waals surface area contributed by atoms with Crippen LogP contribution >= 0.6 is 66.1 Å². The Balaban J connectivity index is 2.32. The number of hydrogen-bond acceptors (Lipinski definition) is 1. The van der Waals surface area contributed by atoms with E-state index in [-0.39, 0.29) is 5.91 Å². The molecule has 0 aliphatic rings. The molecule has 0 fully saturated rings. The van der Waals surface area contributed by atoms with Crippen LogP contribution in [0.25, 0.3) is 0 Å². The van der Waals surface area contributed by atoms with Gasteiger partial charge in [0.2, 0.25) is 0 Å². The monoisotopic (exact) mass is 527 g/mol. The molecule has 0 unspecified atom stereocenters. The van der Waals surface area contributed by atoms with Gasteiger partial charge in [0.1, 0.15) is 0 Å². The van der Waals surface area contributed by atoms with E-state index in [1.165, 1.54) is 0 Å². The van der Waals surface area contributed by atoms with E-state index in [9.17, 15) is 4.79 Å². The lowest BCUT2D eigenvalue weighted by Gasteiger charge is -2.11. The summed E-state index contributed by atoms with van der Waals surface area (Å²) in [7, 11) is 0. The zero-order valence-electron chi connectivity index (χ0n) is 10.3. The molecule has 0 atom stereocenters. The van der Waals surface area contributed by atoms with Gasteiger partial charge in [-0.15, -0.1) is 0 Å². The van der Waals surface area contributed by atoms with Crippen molar-refractivity contribution in [1.82, 2.24) is 0 Å². The summed E-state index contributed by atoms with van der Waals surface area (Å²) in [4.78, 5) is 12.3. The van der Waals surface area contributed by atoms with Crippen LogP contribution in [0, 0.1) is 10.5 Å². The third-order valence-electron chi connectivity index (χ3n) is 2.67. The van der Waals surface area contributed by atoms with Crippen LogP contribution in [0.2, 0.25) is 5.02 Å². The molecular formula is C14H9Br2ClINO. The Hall–Kier alpha value is -0.110. The maximum atomic E-state index is 12.3. The highest BCUT2D eigenvalue weighted by Gasteiger charge is 2.13. The van der Waals surface area contributed by atoms with Crippen molar-refractivity contribution in [3.05, 3.63) is 59.0 Å². The van der Waals surface area contributed by atoms with Crippen LogP contribution in [0.3, 0.4) is 0 Å². The van der Waals surface area contributed by atoms with Gasteiger partial charge in [0, 0.05) is 17.5 Å². The minimum absolute atomic E-state index is 0.184. The van der Waals surface area contributed by atoms with Gasteiger partial charge in [-0.3, -0.25) is 4.79 Å². The van der Waals surface area contributed by atoms with Gasteiger partial charge in [-0.1, -0.05) is 11.6 Å². The fourth-order valence-electron chi connectivity index (χ4n) is 1.60. The van der Waals surface area contributed by atoms with Gasteiger partial charge < -0.3 is 5.32 Å². The zero-order chi connectivity index (χ0) is 14.9. The van der Waals surface area contributed by atoms with E-state index < -0.39 is 0 Å². The molecule has 20 heavy (non-hydrogen) atoms. The van der Waals surface area contributed by atoms with Crippen LogP contribution in [0.5, 0.6) is 0 Å². The molecular weight excluding hydrogens is 520 g/mol. The summed E-state index contributed by atoms with van der Waals surface area (Å²) >= 11 is 15.1. The number of hydrogen-bond donors (Lipinski definition) is 1. The first-order chi connectivity index (χ1) is 9.38. The number of rotatable bonds is 2. The Morgan fingerprint density at radius 3 is 2.60 bits per heavy atom. The van der Waals surface area contributed by atoms with Crippen molar-refractivity contribution in [1.29, 1.82) is 0 Å². The largest absolute Gasteiger partial charge is 0.321 e. The van der Waals surface area contributed by atoms with Crippen molar-refractivity contribution >= 4 is 77.6 Å². The fourth-order valence-corrected chi connectivity index (χ4v) is 3.24. The van der Waals surface area contributed by atoms with Crippen molar-refractivity contribution in [2.75, 3.05) is 5.32 Å². The normalized spacial score (nSPS) is 10.4. The summed E-state index contributed by atoms with van der Waals surface area (Å²) < 4.78 is 2.55. The lowest BCUT2D eigenvalue weighted by Crippen LogP contribution is -2.13. The number of carbonyl (C=O) groups is 1. The Morgan fingerprint density at radius 2 is 1.90 bits per heavy atom. The Bertz CT molecular complexity index is 691. The van der Waals surface area contributed by atoms with E-state index in [1.807, 2.05) is 31.2 Å². The van der Waals surface area contributed by atoms with Crippen molar-refractivity contribution in [2.24, 2.45) is 0 Å². The van der Waals surface area contributed by atoms with Gasteiger partial charge in [0.25, 0.3) is 5.91 Å². The van der Waals surface area contributed by atoms with Crippen molar-refractivity contribution < 1.29 is 4.79 Å². The number of aryl methyl sites for hydroxylation is 1. The average Bonchev–Trinajstić information content (AvgIpc) is 2.38. The molecule has 0 saturated heterocycles. The molecule has 0 bridgehead atoms. The molecule has 2 rings (SSSR count). The smallest absolute Gasteiger partial charge is 0.256 e. The van der Waals surface area contributed by atoms with Gasteiger partial charge in [0.05, 0.1) is 11.3 Å². The van der Waals surface area contributed by atoms with Crippen molar-refractivity contribution in [2.45, 2.75) is 6.92 Å². The minimum atomic E-state index is -0.184. The fraction of sp³-hybridized carbons (Fsp3) is 0.0714. The van der Waals surface area contributed by atoms with Crippen LogP contribution < -0.4 is 5.32 Å². The number of halogens is 4. The molecule has 0 aliphatic heterocycles. The molecule has 0 radical (unpaired) electrons. The zero-order valence-corrected chi connectivity index (χ0v) is 16.4. The molecule has 0 aliphatic carbocycles. The number of benzene rings is 2. The third-order valence-corrected chi connectivity index (χ3v) is 5.10. The predicted octanol–water partition coefficient (Wildman–Crippen LogP) is 6.03. The topological polar surface area (TPSA) is 29.1 Å². The number of nitrogens with one attached hydrogen (secondary N) is 1. The first-order valence-electron chi connectivity index (χ1n) is 5.60. The van der Waals surface area contributed by atoms with Crippen LogP contribution in [0.15, 0.2) is 39.3 Å². The molecule has 1 amide bonds. The summed E-state index contributed by atoms with van der Waals surface area (Å²) in [6.45, 7) is 1.91. The molecule has 0 spiro atoms. The van der Waals surface area contributed by atoms with Gasteiger partial charge in [-0.2, -0.15) is 0 Å². The van der Waals surface area contributed by atoms with E-state index in [0.717, 1.165) is 18.1 Å². The second-order valence-corrected chi connectivity index (χ2v) is 7.52. The summed E-state index contributed by atoms with van der Waals surface area (Å²) in [6, 6.07) is 9.22. The van der Waals surface area contributed by atoms with Crippen molar-refractivity contribution in [3.63, 3.8) is 0 Å². The van der Waals surface area contributed by atoms with Gasteiger partial charge >= 0.3 is 0 Å². The Labute approximate surface area is 152 Å². The van der Waals surface area contributed by atoms with Gasteiger partial charge in [0.15, 0.2) is 0 Å². The van der Waals surface area contributed by atoms with E-state index in [2.05, 4.69) is 59.8 Å². The van der Waals surface area contributed by atoms with Crippen LogP contribution in [0.4, 0.5) is 5.69 Å². The molecule has 6 heteroatoms. The lowest BCUT2D eigenvalue weighted by atomic mass is 10.2. The molecule has 0 heterocycles. The predicted molar refractivity (Wildman–Crippen MR) is 98.7 cm³/mol. The Morgan fingerprint density at radius 1 is 1.20 bits per heavy atom. The van der Waals surface area contributed by atoms with E-state index in [0.29, 0.717) is 16.3 Å². The number of anilines is 1. The van der Waals surface area contributed by atoms with Crippen LogP contribution in [-0.2, 0) is 0 Å². The maximum Gasteiger partial charge on any atom is 0.256 e. The van der Waals surface area contributed by atoms with Crippen LogP contribution in [0.1, 0.15) is 15.9 Å². The highest BCUT2D eigenvalue weighted by atomic mass is 127. The van der Waals surface area contributed by atoms with E-state index in [4.69, 9.17) is 11.6 Å². The van der Waals surface area contributed by atoms with E-state index in [1.54, 1.807) is 6.07 Å². The molecule has 104 valence electrons. The average molecular weight is 529 g/mol. The number of amides is 1. The molecule has 0 aromatic heterocycles. The number of carbonyl (C=O) groups excluding carboxylic acids is 1. The molecule has 2 nitrogen and oxygen atoms in total. The van der Waals surface area contributed by atoms with Gasteiger partial charge in [-0.05, 0) is 97.3 Å². The second kappa shape index (κ2) is 6.77. The van der Waals surface area contributed by atoms with E-state index >= 15 is 0 Å². The minimum Gasteiger partial charge on any atom is -0.321 e. The first-order valence-corrected chi connectivity index (χ1v) is 8.65. The van der Waals surface area contributed by atoms with Crippen LogP contribution in [-0.4, -0.2) is 5.91 Å². The standard InChI is InChI=1S/C14H9Br2ClINO/c1-7-4-11(16)13(6-12(7)17)19-14(20)9-5-8(18)2-3-10(9)15/h2-6H,1H3,(H,19,20). The summed E-state index contributed by atoms with van der Waals surface area (Å²) in [5.74, 6) is -0.184. The quantitative estimate of drug-likeness (QED) is 0.473.